The van der Waals surface area contributed by atoms with Crippen LogP contribution in [-0.2, 0) is 0 Å². The zero-order valence-electron chi connectivity index (χ0n) is 11.2. The van der Waals surface area contributed by atoms with Gasteiger partial charge in [0.05, 0.1) is 0 Å². The smallest absolute Gasteiger partial charge is 0.169 e. The summed E-state index contributed by atoms with van der Waals surface area (Å²) in [5.74, 6) is -4.23. The van der Waals surface area contributed by atoms with E-state index < -0.39 is 23.3 Å². The molecule has 0 unspecified atom stereocenters. The van der Waals surface area contributed by atoms with Crippen molar-refractivity contribution in [1.29, 1.82) is 0 Å². The highest BCUT2D eigenvalue weighted by molar-refractivity contribution is 5.59. The van der Waals surface area contributed by atoms with Gasteiger partial charge < -0.3 is 10.6 Å². The van der Waals surface area contributed by atoms with Gasteiger partial charge in [-0.1, -0.05) is 6.92 Å². The summed E-state index contributed by atoms with van der Waals surface area (Å²) in [4.78, 5) is 3.77. The Morgan fingerprint density at radius 3 is 2.29 bits per heavy atom. The van der Waals surface area contributed by atoms with Crippen molar-refractivity contribution < 1.29 is 17.6 Å². The van der Waals surface area contributed by atoms with Crippen LogP contribution in [0.2, 0.25) is 0 Å². The van der Waals surface area contributed by atoms with Crippen LogP contribution in [-0.4, -0.2) is 11.5 Å². The summed E-state index contributed by atoms with van der Waals surface area (Å²) >= 11 is 0. The molecule has 0 atom stereocenters. The van der Waals surface area contributed by atoms with Crippen LogP contribution in [0.1, 0.15) is 13.3 Å². The zero-order valence-corrected chi connectivity index (χ0v) is 11.2. The summed E-state index contributed by atoms with van der Waals surface area (Å²) in [5, 5.41) is 5.19. The van der Waals surface area contributed by atoms with E-state index in [9.17, 15) is 17.6 Å². The average Bonchev–Trinajstić information content (AvgIpc) is 2.44. The Morgan fingerprint density at radius 2 is 1.62 bits per heavy atom. The van der Waals surface area contributed by atoms with Gasteiger partial charge in [-0.25, -0.2) is 22.5 Å². The maximum Gasteiger partial charge on any atom is 0.169 e. The molecule has 0 aliphatic rings. The second-order valence-electron chi connectivity index (χ2n) is 4.33. The third kappa shape index (κ3) is 3.62. The Morgan fingerprint density at radius 1 is 0.905 bits per heavy atom. The summed E-state index contributed by atoms with van der Waals surface area (Å²) < 4.78 is 53.1. The molecule has 2 N–H and O–H groups in total. The monoisotopic (exact) mass is 299 g/mol. The highest BCUT2D eigenvalue weighted by Gasteiger charge is 2.12. The molecule has 2 aromatic rings. The largest absolute Gasteiger partial charge is 0.368 e. The molecule has 0 radical (unpaired) electrons. The first-order valence-electron chi connectivity index (χ1n) is 6.33. The lowest BCUT2D eigenvalue weighted by Gasteiger charge is -2.11. The van der Waals surface area contributed by atoms with E-state index in [2.05, 4.69) is 15.6 Å². The highest BCUT2D eigenvalue weighted by Crippen LogP contribution is 2.23. The first kappa shape index (κ1) is 15.1. The molecule has 112 valence electrons. The van der Waals surface area contributed by atoms with Crippen LogP contribution in [0.5, 0.6) is 0 Å². The van der Waals surface area contributed by atoms with E-state index >= 15 is 0 Å². The van der Waals surface area contributed by atoms with Gasteiger partial charge in [-0.2, -0.15) is 0 Å². The first-order chi connectivity index (χ1) is 10.0. The molecule has 7 heteroatoms. The van der Waals surface area contributed by atoms with Gasteiger partial charge in [-0.3, -0.25) is 0 Å². The van der Waals surface area contributed by atoms with Gasteiger partial charge >= 0.3 is 0 Å². The molecule has 2 rings (SSSR count). The van der Waals surface area contributed by atoms with E-state index in [0.29, 0.717) is 12.6 Å². The molecule has 0 spiro atoms. The zero-order chi connectivity index (χ0) is 15.4. The van der Waals surface area contributed by atoms with Gasteiger partial charge in [0, 0.05) is 24.4 Å². The van der Waals surface area contributed by atoms with Crippen LogP contribution in [0.15, 0.2) is 24.3 Å². The molecule has 0 aliphatic carbocycles. The van der Waals surface area contributed by atoms with Crippen LogP contribution < -0.4 is 10.6 Å². The molecule has 0 fully saturated rings. The lowest BCUT2D eigenvalue weighted by atomic mass is 10.3. The number of rotatable bonds is 5. The fourth-order valence-electron chi connectivity index (χ4n) is 1.63. The molecule has 0 aliphatic heterocycles. The minimum Gasteiger partial charge on any atom is -0.368 e. The Labute approximate surface area is 119 Å². The fraction of sp³-hybridized carbons (Fsp3) is 0.214. The second-order valence-corrected chi connectivity index (χ2v) is 4.33. The van der Waals surface area contributed by atoms with Gasteiger partial charge in [0.2, 0.25) is 0 Å². The maximum atomic E-state index is 13.7. The van der Waals surface area contributed by atoms with E-state index in [4.69, 9.17) is 0 Å². The molecule has 3 nitrogen and oxygen atoms in total. The first-order valence-corrected chi connectivity index (χ1v) is 6.33. The minimum absolute atomic E-state index is 0.105. The van der Waals surface area contributed by atoms with E-state index in [1.807, 2.05) is 6.92 Å². The maximum absolute atomic E-state index is 13.7. The Bertz CT molecular complexity index is 646. The molecule has 0 amide bonds. The van der Waals surface area contributed by atoms with Gasteiger partial charge in [-0.05, 0) is 18.6 Å². The van der Waals surface area contributed by atoms with Gasteiger partial charge in [-0.15, -0.1) is 0 Å². The molecule has 0 bridgehead atoms. The number of nitrogens with zero attached hydrogens (tertiary/aromatic N) is 1. The van der Waals surface area contributed by atoms with Crippen LogP contribution in [0, 0.1) is 23.3 Å². The molecule has 0 saturated carbocycles. The standard InChI is InChI=1S/C14H13F4N3/c1-2-5-19-13-11(17)7-12(18)14(21-13)20-8-3-4-9(15)10(16)6-8/h3-4,6-7H,2,5H2,1H3,(H2,19,20,21). The second kappa shape index (κ2) is 6.43. The quantitative estimate of drug-likeness (QED) is 0.812. The fourth-order valence-corrected chi connectivity index (χ4v) is 1.63. The number of aromatic nitrogens is 1. The van der Waals surface area contributed by atoms with Crippen molar-refractivity contribution in [2.24, 2.45) is 0 Å². The van der Waals surface area contributed by atoms with Crippen LogP contribution in [0.4, 0.5) is 34.9 Å². The number of pyridine rings is 1. The van der Waals surface area contributed by atoms with Crippen molar-refractivity contribution in [3.05, 3.63) is 47.5 Å². The third-order valence-corrected chi connectivity index (χ3v) is 2.65. The van der Waals surface area contributed by atoms with Crippen molar-refractivity contribution in [2.75, 3.05) is 17.2 Å². The van der Waals surface area contributed by atoms with Crippen molar-refractivity contribution in [3.63, 3.8) is 0 Å². The predicted octanol–water partition coefficient (Wildman–Crippen LogP) is 4.20. The Kier molecular flexibility index (Phi) is 4.62. The van der Waals surface area contributed by atoms with E-state index in [-0.39, 0.29) is 17.3 Å². The van der Waals surface area contributed by atoms with Gasteiger partial charge in [0.1, 0.15) is 0 Å². The summed E-state index contributed by atoms with van der Waals surface area (Å²) in [7, 11) is 0. The number of benzene rings is 1. The van der Waals surface area contributed by atoms with E-state index in [1.165, 1.54) is 6.07 Å². The van der Waals surface area contributed by atoms with Crippen LogP contribution in [0.25, 0.3) is 0 Å². The van der Waals surface area contributed by atoms with Gasteiger partial charge in [0.25, 0.3) is 0 Å². The van der Waals surface area contributed by atoms with Crippen LogP contribution in [0.3, 0.4) is 0 Å². The Hall–Kier alpha value is -2.31. The number of nitrogens with one attached hydrogen (secondary N) is 2. The number of hydrogen-bond acceptors (Lipinski definition) is 3. The summed E-state index contributed by atoms with van der Waals surface area (Å²) in [5.41, 5.74) is 0.105. The molecule has 21 heavy (non-hydrogen) atoms. The van der Waals surface area contributed by atoms with E-state index in [0.717, 1.165) is 18.6 Å². The van der Waals surface area contributed by atoms with Crippen molar-refractivity contribution in [3.8, 4) is 0 Å². The Balaban J connectivity index is 2.28. The topological polar surface area (TPSA) is 37.0 Å². The minimum atomic E-state index is -1.08. The molecule has 0 saturated heterocycles. The molecule has 1 aromatic heterocycles. The van der Waals surface area contributed by atoms with Gasteiger partial charge in [0.15, 0.2) is 34.9 Å². The molecule has 1 aromatic carbocycles. The van der Waals surface area contributed by atoms with Crippen molar-refractivity contribution >= 4 is 17.3 Å². The molecular formula is C14H13F4N3. The van der Waals surface area contributed by atoms with Crippen molar-refractivity contribution in [2.45, 2.75) is 13.3 Å². The lowest BCUT2D eigenvalue weighted by molar-refractivity contribution is 0.509. The number of halogens is 4. The summed E-state index contributed by atoms with van der Waals surface area (Å²) in [6, 6.07) is 3.66. The molecule has 1 heterocycles. The number of anilines is 3. The summed E-state index contributed by atoms with van der Waals surface area (Å²) in [6.07, 6.45) is 0.741. The third-order valence-electron chi connectivity index (χ3n) is 2.65. The number of hydrogen-bond donors (Lipinski definition) is 2. The normalized spacial score (nSPS) is 10.5. The highest BCUT2D eigenvalue weighted by atomic mass is 19.2. The molecular weight excluding hydrogens is 286 g/mol. The van der Waals surface area contributed by atoms with Crippen LogP contribution >= 0.6 is 0 Å². The predicted molar refractivity (Wildman–Crippen MR) is 72.6 cm³/mol. The van der Waals surface area contributed by atoms with E-state index in [1.54, 1.807) is 0 Å². The summed E-state index contributed by atoms with van der Waals surface area (Å²) in [6.45, 7) is 2.36. The SMILES string of the molecule is CCCNc1nc(Nc2ccc(F)c(F)c2)c(F)cc1F. The lowest BCUT2D eigenvalue weighted by Crippen LogP contribution is -2.07. The average molecular weight is 299 g/mol. The van der Waals surface area contributed by atoms with Crippen molar-refractivity contribution in [1.82, 2.24) is 4.98 Å².